The Kier molecular flexibility index (Phi) is 4.09. The molecule has 1 aliphatic rings. The molecule has 0 bridgehead atoms. The quantitative estimate of drug-likeness (QED) is 0.630. The first-order chi connectivity index (χ1) is 5.83. The fraction of sp³-hybridized carbons (Fsp3) is 0.889. The van der Waals surface area contributed by atoms with E-state index >= 15 is 0 Å². The van der Waals surface area contributed by atoms with Gasteiger partial charge in [0, 0.05) is 6.61 Å². The third-order valence-electron chi connectivity index (χ3n) is 2.15. The molecule has 0 saturated carbocycles. The van der Waals surface area contributed by atoms with Crippen molar-refractivity contribution in [3.63, 3.8) is 0 Å². The standard InChI is InChI=1S/C9H16O2S/c1-2-5-11-9(8-10)3-6-12-7-4-9/h8H,2-7H2,1H3. The number of hydrogen-bond acceptors (Lipinski definition) is 3. The maximum Gasteiger partial charge on any atom is 0.151 e. The first-order valence-electron chi connectivity index (χ1n) is 4.51. The predicted octanol–water partition coefficient (Wildman–Crippen LogP) is 1.88. The van der Waals surface area contributed by atoms with Crippen LogP contribution in [0.5, 0.6) is 0 Å². The molecule has 0 aliphatic carbocycles. The molecule has 12 heavy (non-hydrogen) atoms. The third kappa shape index (κ3) is 2.49. The van der Waals surface area contributed by atoms with Gasteiger partial charge in [0.25, 0.3) is 0 Å². The van der Waals surface area contributed by atoms with Crippen molar-refractivity contribution in [1.29, 1.82) is 0 Å². The van der Waals surface area contributed by atoms with Crippen LogP contribution in [0.15, 0.2) is 0 Å². The molecular weight excluding hydrogens is 172 g/mol. The van der Waals surface area contributed by atoms with Crippen molar-refractivity contribution in [3.8, 4) is 0 Å². The zero-order valence-electron chi connectivity index (χ0n) is 7.54. The Balaban J connectivity index is 2.42. The van der Waals surface area contributed by atoms with Gasteiger partial charge in [-0.25, -0.2) is 0 Å². The van der Waals surface area contributed by atoms with Crippen LogP contribution >= 0.6 is 11.8 Å². The van der Waals surface area contributed by atoms with Crippen LogP contribution in [-0.4, -0.2) is 30.0 Å². The minimum atomic E-state index is -0.429. The molecule has 1 saturated heterocycles. The topological polar surface area (TPSA) is 26.3 Å². The number of thioether (sulfide) groups is 1. The zero-order chi connectivity index (χ0) is 8.86. The first kappa shape index (κ1) is 10.1. The van der Waals surface area contributed by atoms with Crippen LogP contribution in [0.25, 0.3) is 0 Å². The highest BCUT2D eigenvalue weighted by atomic mass is 32.2. The Hall–Kier alpha value is -0.0200. The van der Waals surface area contributed by atoms with Crippen LogP contribution in [0.3, 0.4) is 0 Å². The summed E-state index contributed by atoms with van der Waals surface area (Å²) in [6.45, 7) is 2.78. The van der Waals surface area contributed by atoms with Crippen molar-refractivity contribution in [2.24, 2.45) is 0 Å². The Morgan fingerprint density at radius 3 is 2.67 bits per heavy atom. The highest BCUT2D eigenvalue weighted by Crippen LogP contribution is 2.28. The average Bonchev–Trinajstić information content (AvgIpc) is 2.16. The SMILES string of the molecule is CCCOC1(C=O)CCSCC1. The number of hydrogen-bond donors (Lipinski definition) is 0. The molecule has 0 aromatic carbocycles. The Morgan fingerprint density at radius 1 is 1.50 bits per heavy atom. The lowest BCUT2D eigenvalue weighted by Gasteiger charge is -2.31. The first-order valence-corrected chi connectivity index (χ1v) is 5.66. The van der Waals surface area contributed by atoms with E-state index in [1.165, 1.54) is 0 Å². The van der Waals surface area contributed by atoms with E-state index in [1.54, 1.807) is 0 Å². The summed E-state index contributed by atoms with van der Waals surface area (Å²) < 4.78 is 5.59. The molecule has 0 amide bonds. The monoisotopic (exact) mass is 188 g/mol. The molecule has 2 nitrogen and oxygen atoms in total. The van der Waals surface area contributed by atoms with Crippen LogP contribution in [0.2, 0.25) is 0 Å². The van der Waals surface area contributed by atoms with Gasteiger partial charge in [0.1, 0.15) is 5.60 Å². The molecule has 0 radical (unpaired) electrons. The lowest BCUT2D eigenvalue weighted by Crippen LogP contribution is -2.38. The summed E-state index contributed by atoms with van der Waals surface area (Å²) in [5.74, 6) is 2.12. The van der Waals surface area contributed by atoms with E-state index in [4.69, 9.17) is 4.74 Å². The molecule has 0 unspecified atom stereocenters. The van der Waals surface area contributed by atoms with Crippen molar-refractivity contribution >= 4 is 18.0 Å². The Morgan fingerprint density at radius 2 is 2.17 bits per heavy atom. The average molecular weight is 188 g/mol. The zero-order valence-corrected chi connectivity index (χ0v) is 8.36. The molecular formula is C9H16O2S. The van der Waals surface area contributed by atoms with Gasteiger partial charge in [-0.05, 0) is 30.8 Å². The van der Waals surface area contributed by atoms with Crippen molar-refractivity contribution in [2.45, 2.75) is 31.8 Å². The van der Waals surface area contributed by atoms with Gasteiger partial charge >= 0.3 is 0 Å². The number of carbonyl (C=O) groups is 1. The highest BCUT2D eigenvalue weighted by Gasteiger charge is 2.32. The maximum absolute atomic E-state index is 10.9. The smallest absolute Gasteiger partial charge is 0.151 e. The van der Waals surface area contributed by atoms with E-state index in [-0.39, 0.29) is 0 Å². The van der Waals surface area contributed by atoms with E-state index in [9.17, 15) is 4.79 Å². The summed E-state index contributed by atoms with van der Waals surface area (Å²) in [6, 6.07) is 0. The van der Waals surface area contributed by atoms with Crippen LogP contribution in [0.4, 0.5) is 0 Å². The summed E-state index contributed by atoms with van der Waals surface area (Å²) in [5.41, 5.74) is -0.429. The molecule has 3 heteroatoms. The van der Waals surface area contributed by atoms with Crippen LogP contribution in [0.1, 0.15) is 26.2 Å². The van der Waals surface area contributed by atoms with Gasteiger partial charge in [-0.2, -0.15) is 11.8 Å². The summed E-state index contributed by atoms with van der Waals surface area (Å²) >= 11 is 1.91. The molecule has 0 atom stereocenters. The second-order valence-electron chi connectivity index (χ2n) is 3.14. The van der Waals surface area contributed by atoms with Gasteiger partial charge in [0.2, 0.25) is 0 Å². The van der Waals surface area contributed by atoms with E-state index < -0.39 is 5.60 Å². The minimum absolute atomic E-state index is 0.429. The normalized spacial score (nSPS) is 22.1. The van der Waals surface area contributed by atoms with Gasteiger partial charge in [-0.1, -0.05) is 6.92 Å². The van der Waals surface area contributed by atoms with Gasteiger partial charge in [-0.3, -0.25) is 0 Å². The van der Waals surface area contributed by atoms with Crippen LogP contribution in [0, 0.1) is 0 Å². The number of carbonyl (C=O) groups excluding carboxylic acids is 1. The molecule has 0 aromatic heterocycles. The lowest BCUT2D eigenvalue weighted by atomic mass is 9.98. The van der Waals surface area contributed by atoms with Gasteiger partial charge in [-0.15, -0.1) is 0 Å². The number of ether oxygens (including phenoxy) is 1. The molecule has 70 valence electrons. The second-order valence-corrected chi connectivity index (χ2v) is 4.37. The fourth-order valence-corrected chi connectivity index (χ4v) is 2.50. The molecule has 1 aliphatic heterocycles. The lowest BCUT2D eigenvalue weighted by molar-refractivity contribution is -0.132. The molecule has 0 aromatic rings. The van der Waals surface area contributed by atoms with E-state index in [0.717, 1.165) is 37.1 Å². The Labute approximate surface area is 78.1 Å². The Bertz CT molecular complexity index is 141. The molecule has 1 heterocycles. The second kappa shape index (κ2) is 4.87. The minimum Gasteiger partial charge on any atom is -0.367 e. The van der Waals surface area contributed by atoms with E-state index in [2.05, 4.69) is 6.92 Å². The highest BCUT2D eigenvalue weighted by molar-refractivity contribution is 7.99. The summed E-state index contributed by atoms with van der Waals surface area (Å²) in [4.78, 5) is 10.9. The number of rotatable bonds is 4. The summed E-state index contributed by atoms with van der Waals surface area (Å²) in [6.07, 6.45) is 3.77. The van der Waals surface area contributed by atoms with Crippen molar-refractivity contribution in [1.82, 2.24) is 0 Å². The van der Waals surface area contributed by atoms with Crippen molar-refractivity contribution < 1.29 is 9.53 Å². The van der Waals surface area contributed by atoms with Crippen molar-refractivity contribution in [3.05, 3.63) is 0 Å². The van der Waals surface area contributed by atoms with E-state index in [0.29, 0.717) is 6.61 Å². The van der Waals surface area contributed by atoms with Gasteiger partial charge in [0.15, 0.2) is 6.29 Å². The van der Waals surface area contributed by atoms with Gasteiger partial charge in [0.05, 0.1) is 0 Å². The van der Waals surface area contributed by atoms with Gasteiger partial charge < -0.3 is 9.53 Å². The number of aldehydes is 1. The van der Waals surface area contributed by atoms with Crippen LogP contribution < -0.4 is 0 Å². The van der Waals surface area contributed by atoms with Crippen molar-refractivity contribution in [2.75, 3.05) is 18.1 Å². The fourth-order valence-electron chi connectivity index (χ4n) is 1.32. The largest absolute Gasteiger partial charge is 0.367 e. The molecule has 1 rings (SSSR count). The summed E-state index contributed by atoms with van der Waals surface area (Å²) in [5, 5.41) is 0. The third-order valence-corrected chi connectivity index (χ3v) is 3.13. The molecule has 0 N–H and O–H groups in total. The predicted molar refractivity (Wildman–Crippen MR) is 51.6 cm³/mol. The molecule has 0 spiro atoms. The van der Waals surface area contributed by atoms with Crippen LogP contribution in [-0.2, 0) is 9.53 Å². The maximum atomic E-state index is 10.9. The van der Waals surface area contributed by atoms with E-state index in [1.807, 2.05) is 11.8 Å². The molecule has 1 fully saturated rings. The summed E-state index contributed by atoms with van der Waals surface area (Å²) in [7, 11) is 0.